The first-order valence-electron chi connectivity index (χ1n) is 6.35. The van der Waals surface area contributed by atoms with Gasteiger partial charge in [-0.25, -0.2) is 4.98 Å². The van der Waals surface area contributed by atoms with Gasteiger partial charge in [-0.05, 0) is 26.2 Å². The van der Waals surface area contributed by atoms with E-state index in [4.69, 9.17) is 5.26 Å². The molecule has 6 nitrogen and oxygen atoms in total. The molecule has 0 aliphatic carbocycles. The van der Waals surface area contributed by atoms with Crippen molar-refractivity contribution in [1.82, 2.24) is 19.7 Å². The summed E-state index contributed by atoms with van der Waals surface area (Å²) >= 11 is 0. The summed E-state index contributed by atoms with van der Waals surface area (Å²) in [6, 6.07) is 5.81. The van der Waals surface area contributed by atoms with Crippen LogP contribution in [0.15, 0.2) is 30.7 Å². The highest BCUT2D eigenvalue weighted by Gasteiger charge is 2.16. The summed E-state index contributed by atoms with van der Waals surface area (Å²) in [5.74, 6) is 0.616. The molecule has 0 aromatic carbocycles. The summed E-state index contributed by atoms with van der Waals surface area (Å²) in [7, 11) is 5.93. The lowest BCUT2D eigenvalue weighted by molar-refractivity contribution is 0.311. The number of hydrogen-bond donors (Lipinski definition) is 1. The number of aryl methyl sites for hydroxylation is 1. The van der Waals surface area contributed by atoms with Crippen molar-refractivity contribution in [2.45, 2.75) is 6.04 Å². The van der Waals surface area contributed by atoms with Crippen LogP contribution in [0.4, 0.5) is 5.82 Å². The Labute approximate surface area is 118 Å². The number of rotatable bonds is 5. The second-order valence-electron chi connectivity index (χ2n) is 4.82. The molecule has 0 radical (unpaired) electrons. The van der Waals surface area contributed by atoms with Crippen molar-refractivity contribution in [2.75, 3.05) is 26.0 Å². The average Bonchev–Trinajstić information content (AvgIpc) is 2.85. The molecule has 2 heterocycles. The molecule has 0 fully saturated rings. The van der Waals surface area contributed by atoms with Gasteiger partial charge in [0.15, 0.2) is 0 Å². The smallest absolute Gasteiger partial charge is 0.143 e. The summed E-state index contributed by atoms with van der Waals surface area (Å²) in [5.41, 5.74) is 1.68. The molecule has 1 N–H and O–H groups in total. The molecule has 6 heteroatoms. The standard InChI is InChI=1S/C14H18N6/c1-19(2)13(12-8-18-20(3)10-12)9-17-14-11(7-15)5-4-6-16-14/h4-6,8,10,13H,9H2,1-3H3,(H,16,17). The van der Waals surface area contributed by atoms with Gasteiger partial charge in [-0.1, -0.05) is 0 Å². The number of nitrogens with one attached hydrogen (secondary N) is 1. The Morgan fingerprint density at radius 1 is 1.50 bits per heavy atom. The lowest BCUT2D eigenvalue weighted by Crippen LogP contribution is -2.27. The van der Waals surface area contributed by atoms with Gasteiger partial charge in [-0.3, -0.25) is 4.68 Å². The van der Waals surface area contributed by atoms with Crippen LogP contribution in [0, 0.1) is 11.3 Å². The number of anilines is 1. The molecule has 0 aliphatic heterocycles. The van der Waals surface area contributed by atoms with E-state index >= 15 is 0 Å². The van der Waals surface area contributed by atoms with Crippen molar-refractivity contribution in [3.8, 4) is 6.07 Å². The number of hydrogen-bond acceptors (Lipinski definition) is 5. The zero-order valence-corrected chi connectivity index (χ0v) is 11.9. The van der Waals surface area contributed by atoms with Crippen LogP contribution in [0.2, 0.25) is 0 Å². The first kappa shape index (κ1) is 14.0. The maximum atomic E-state index is 9.06. The van der Waals surface area contributed by atoms with E-state index in [2.05, 4.69) is 26.4 Å². The highest BCUT2D eigenvalue weighted by Crippen LogP contribution is 2.19. The maximum absolute atomic E-state index is 9.06. The molecule has 20 heavy (non-hydrogen) atoms. The predicted octanol–water partition coefficient (Wildman–Crippen LogP) is 1.40. The fourth-order valence-electron chi connectivity index (χ4n) is 2.04. The Balaban J connectivity index is 2.12. The largest absolute Gasteiger partial charge is 0.367 e. The zero-order valence-electron chi connectivity index (χ0n) is 11.9. The highest BCUT2D eigenvalue weighted by molar-refractivity contribution is 5.51. The van der Waals surface area contributed by atoms with E-state index in [0.717, 1.165) is 5.56 Å². The fourth-order valence-corrected chi connectivity index (χ4v) is 2.04. The van der Waals surface area contributed by atoms with Crippen molar-refractivity contribution in [3.05, 3.63) is 41.9 Å². The minimum Gasteiger partial charge on any atom is -0.367 e. The molecule has 104 valence electrons. The van der Waals surface area contributed by atoms with Gasteiger partial charge in [-0.2, -0.15) is 10.4 Å². The number of nitrogens with zero attached hydrogens (tertiary/aromatic N) is 5. The Morgan fingerprint density at radius 3 is 2.90 bits per heavy atom. The molecule has 2 aromatic heterocycles. The van der Waals surface area contributed by atoms with E-state index in [0.29, 0.717) is 17.9 Å². The van der Waals surface area contributed by atoms with E-state index in [9.17, 15) is 0 Å². The van der Waals surface area contributed by atoms with Crippen molar-refractivity contribution in [2.24, 2.45) is 7.05 Å². The van der Waals surface area contributed by atoms with Crippen LogP contribution in [-0.2, 0) is 7.05 Å². The van der Waals surface area contributed by atoms with E-state index in [1.165, 1.54) is 0 Å². The molecule has 1 unspecified atom stereocenters. The van der Waals surface area contributed by atoms with Crippen LogP contribution in [0.3, 0.4) is 0 Å². The van der Waals surface area contributed by atoms with Gasteiger partial charge in [0.25, 0.3) is 0 Å². The molecular weight excluding hydrogens is 252 g/mol. The van der Waals surface area contributed by atoms with Crippen LogP contribution in [0.1, 0.15) is 17.2 Å². The molecular formula is C14H18N6. The number of nitriles is 1. The maximum Gasteiger partial charge on any atom is 0.143 e. The molecule has 1 atom stereocenters. The number of pyridine rings is 1. The van der Waals surface area contributed by atoms with Gasteiger partial charge in [0.1, 0.15) is 11.9 Å². The molecule has 0 spiro atoms. The van der Waals surface area contributed by atoms with Crippen LogP contribution in [0.5, 0.6) is 0 Å². The first-order chi connectivity index (χ1) is 9.61. The topological polar surface area (TPSA) is 69.8 Å². The molecule has 0 bridgehead atoms. The molecule has 2 aromatic rings. The lowest BCUT2D eigenvalue weighted by atomic mass is 10.1. The highest BCUT2D eigenvalue weighted by atomic mass is 15.2. The summed E-state index contributed by atoms with van der Waals surface area (Å²) < 4.78 is 1.79. The zero-order chi connectivity index (χ0) is 14.5. The Morgan fingerprint density at radius 2 is 2.30 bits per heavy atom. The number of likely N-dealkylation sites (N-methyl/N-ethyl adjacent to an activating group) is 1. The van der Waals surface area contributed by atoms with Gasteiger partial charge < -0.3 is 10.2 Å². The summed E-state index contributed by atoms with van der Waals surface area (Å²) in [5, 5.41) is 16.5. The summed E-state index contributed by atoms with van der Waals surface area (Å²) in [6.07, 6.45) is 5.53. The predicted molar refractivity (Wildman–Crippen MR) is 77.1 cm³/mol. The minimum absolute atomic E-state index is 0.164. The summed E-state index contributed by atoms with van der Waals surface area (Å²) in [6.45, 7) is 0.657. The van der Waals surface area contributed by atoms with E-state index < -0.39 is 0 Å². The van der Waals surface area contributed by atoms with Crippen LogP contribution >= 0.6 is 0 Å². The number of aromatic nitrogens is 3. The van der Waals surface area contributed by atoms with Gasteiger partial charge in [0, 0.05) is 31.5 Å². The monoisotopic (exact) mass is 270 g/mol. The second kappa shape index (κ2) is 6.17. The third kappa shape index (κ3) is 3.13. The van der Waals surface area contributed by atoms with Crippen molar-refractivity contribution in [3.63, 3.8) is 0 Å². The second-order valence-corrected chi connectivity index (χ2v) is 4.82. The fraction of sp³-hybridized carbons (Fsp3) is 0.357. The average molecular weight is 270 g/mol. The quantitative estimate of drug-likeness (QED) is 0.889. The van der Waals surface area contributed by atoms with Crippen LogP contribution in [0.25, 0.3) is 0 Å². The first-order valence-corrected chi connectivity index (χ1v) is 6.35. The molecule has 0 aliphatic rings. The minimum atomic E-state index is 0.164. The lowest BCUT2D eigenvalue weighted by Gasteiger charge is -2.24. The van der Waals surface area contributed by atoms with Crippen molar-refractivity contribution >= 4 is 5.82 Å². The SMILES string of the molecule is CN(C)C(CNc1ncccc1C#N)c1cnn(C)c1. The van der Waals surface area contributed by atoms with Gasteiger partial charge in [-0.15, -0.1) is 0 Å². The van der Waals surface area contributed by atoms with Gasteiger partial charge in [0.2, 0.25) is 0 Å². The molecule has 0 saturated heterocycles. The normalized spacial score (nSPS) is 12.2. The Bertz CT molecular complexity index is 610. The van der Waals surface area contributed by atoms with Gasteiger partial charge in [0.05, 0.1) is 17.8 Å². The van der Waals surface area contributed by atoms with E-state index in [1.807, 2.05) is 33.5 Å². The summed E-state index contributed by atoms with van der Waals surface area (Å²) in [4.78, 5) is 6.32. The van der Waals surface area contributed by atoms with Crippen molar-refractivity contribution in [1.29, 1.82) is 5.26 Å². The van der Waals surface area contributed by atoms with Crippen molar-refractivity contribution < 1.29 is 0 Å². The van der Waals surface area contributed by atoms with Crippen LogP contribution < -0.4 is 5.32 Å². The molecule has 0 amide bonds. The van der Waals surface area contributed by atoms with E-state index in [-0.39, 0.29) is 6.04 Å². The van der Waals surface area contributed by atoms with Gasteiger partial charge >= 0.3 is 0 Å². The Hall–Kier alpha value is -2.39. The Kier molecular flexibility index (Phi) is 4.33. The van der Waals surface area contributed by atoms with Crippen LogP contribution in [-0.4, -0.2) is 40.3 Å². The van der Waals surface area contributed by atoms with E-state index in [1.54, 1.807) is 23.0 Å². The third-order valence-electron chi connectivity index (χ3n) is 3.12. The molecule has 2 rings (SSSR count). The molecule has 0 saturated carbocycles. The third-order valence-corrected chi connectivity index (χ3v) is 3.12.